The number of carbonyl (C=O) groups excluding carboxylic acids is 1. The average Bonchev–Trinajstić information content (AvgIpc) is 2.47. The lowest BCUT2D eigenvalue weighted by Gasteiger charge is -2.28. The Bertz CT molecular complexity index is 480. The van der Waals surface area contributed by atoms with Crippen molar-refractivity contribution >= 4 is 11.6 Å². The summed E-state index contributed by atoms with van der Waals surface area (Å²) in [5.41, 5.74) is 2.98. The van der Waals surface area contributed by atoms with E-state index in [9.17, 15) is 9.90 Å². The molecular weight excluding hydrogens is 242 g/mol. The lowest BCUT2D eigenvalue weighted by Crippen LogP contribution is -2.23. The minimum Gasteiger partial charge on any atom is -0.388 e. The van der Waals surface area contributed by atoms with Gasteiger partial charge in [-0.25, -0.2) is 0 Å². The van der Waals surface area contributed by atoms with Crippen LogP contribution in [0.4, 0.5) is 5.69 Å². The Labute approximate surface area is 112 Å². The first-order valence-electron chi connectivity index (χ1n) is 6.92. The molecule has 4 heteroatoms. The molecular formula is C15H19NO3. The SMILES string of the molecule is O=C1CCc2cc(C(O)C3CCOCC3)ccc2N1. The van der Waals surface area contributed by atoms with Crippen LogP contribution in [-0.2, 0) is 16.0 Å². The third kappa shape index (κ3) is 2.65. The molecule has 0 radical (unpaired) electrons. The van der Waals surface area contributed by atoms with Crippen LogP contribution in [0.1, 0.15) is 36.5 Å². The van der Waals surface area contributed by atoms with E-state index in [1.165, 1.54) is 0 Å². The summed E-state index contributed by atoms with van der Waals surface area (Å²) in [6.07, 6.45) is 2.69. The fourth-order valence-electron chi connectivity index (χ4n) is 2.89. The second kappa shape index (κ2) is 5.31. The highest BCUT2D eigenvalue weighted by molar-refractivity contribution is 5.93. The van der Waals surface area contributed by atoms with Crippen LogP contribution in [0.3, 0.4) is 0 Å². The Kier molecular flexibility index (Phi) is 3.53. The van der Waals surface area contributed by atoms with Crippen molar-refractivity contribution in [1.29, 1.82) is 0 Å². The van der Waals surface area contributed by atoms with E-state index in [1.807, 2.05) is 18.2 Å². The molecule has 0 aliphatic carbocycles. The number of aryl methyl sites for hydroxylation is 1. The van der Waals surface area contributed by atoms with E-state index in [0.29, 0.717) is 6.42 Å². The van der Waals surface area contributed by atoms with Crippen molar-refractivity contribution < 1.29 is 14.6 Å². The molecule has 1 aromatic carbocycles. The van der Waals surface area contributed by atoms with Crippen molar-refractivity contribution in [3.05, 3.63) is 29.3 Å². The van der Waals surface area contributed by atoms with E-state index in [1.54, 1.807) is 0 Å². The molecule has 3 rings (SSSR count). The lowest BCUT2D eigenvalue weighted by atomic mass is 9.88. The van der Waals surface area contributed by atoms with Crippen molar-refractivity contribution in [2.24, 2.45) is 5.92 Å². The molecule has 2 N–H and O–H groups in total. The van der Waals surface area contributed by atoms with Crippen molar-refractivity contribution in [2.45, 2.75) is 31.8 Å². The Morgan fingerprint density at radius 3 is 2.84 bits per heavy atom. The van der Waals surface area contributed by atoms with Crippen molar-refractivity contribution in [3.8, 4) is 0 Å². The smallest absolute Gasteiger partial charge is 0.224 e. The number of amides is 1. The van der Waals surface area contributed by atoms with Crippen LogP contribution >= 0.6 is 0 Å². The van der Waals surface area contributed by atoms with Crippen molar-refractivity contribution in [2.75, 3.05) is 18.5 Å². The monoisotopic (exact) mass is 261 g/mol. The lowest BCUT2D eigenvalue weighted by molar-refractivity contribution is -0.116. The van der Waals surface area contributed by atoms with E-state index in [2.05, 4.69) is 5.32 Å². The number of aliphatic hydroxyl groups is 1. The van der Waals surface area contributed by atoms with Gasteiger partial charge in [-0.1, -0.05) is 12.1 Å². The number of hydrogen-bond donors (Lipinski definition) is 2. The predicted octanol–water partition coefficient (Wildman–Crippen LogP) is 2.03. The summed E-state index contributed by atoms with van der Waals surface area (Å²) in [4.78, 5) is 11.3. The minimum atomic E-state index is -0.424. The quantitative estimate of drug-likeness (QED) is 0.856. The summed E-state index contributed by atoms with van der Waals surface area (Å²) in [5.74, 6) is 0.357. The number of fused-ring (bicyclic) bond motifs is 1. The van der Waals surface area contributed by atoms with E-state index >= 15 is 0 Å². The van der Waals surface area contributed by atoms with E-state index < -0.39 is 6.10 Å². The van der Waals surface area contributed by atoms with Gasteiger partial charge in [-0.15, -0.1) is 0 Å². The van der Waals surface area contributed by atoms with Gasteiger partial charge in [0.2, 0.25) is 5.91 Å². The van der Waals surface area contributed by atoms with Crippen molar-refractivity contribution in [3.63, 3.8) is 0 Å². The molecule has 4 nitrogen and oxygen atoms in total. The fourth-order valence-corrected chi connectivity index (χ4v) is 2.89. The van der Waals surface area contributed by atoms with Gasteiger partial charge in [-0.2, -0.15) is 0 Å². The predicted molar refractivity (Wildman–Crippen MR) is 71.9 cm³/mol. The maximum atomic E-state index is 11.3. The summed E-state index contributed by atoms with van der Waals surface area (Å²) in [6.45, 7) is 1.48. The molecule has 1 amide bonds. The first kappa shape index (κ1) is 12.6. The number of carbonyl (C=O) groups is 1. The van der Waals surface area contributed by atoms with Gasteiger partial charge in [0.15, 0.2) is 0 Å². The standard InChI is InChI=1S/C15H19NO3/c17-14-4-2-11-9-12(1-3-13(11)16-14)15(18)10-5-7-19-8-6-10/h1,3,9-10,15,18H,2,4-8H2,(H,16,17). The zero-order chi connectivity index (χ0) is 13.2. The molecule has 1 unspecified atom stereocenters. The first-order valence-corrected chi connectivity index (χ1v) is 6.92. The topological polar surface area (TPSA) is 58.6 Å². The van der Waals surface area contributed by atoms with Gasteiger partial charge in [0.05, 0.1) is 6.10 Å². The molecule has 0 spiro atoms. The summed E-state index contributed by atoms with van der Waals surface area (Å²) in [7, 11) is 0. The number of anilines is 1. The molecule has 2 aliphatic heterocycles. The van der Waals surface area contributed by atoms with E-state index in [4.69, 9.17) is 4.74 Å². The van der Waals surface area contributed by atoms with Gasteiger partial charge in [-0.3, -0.25) is 4.79 Å². The first-order chi connectivity index (χ1) is 9.24. The van der Waals surface area contributed by atoms with Gasteiger partial charge in [0.25, 0.3) is 0 Å². The second-order valence-corrected chi connectivity index (χ2v) is 5.36. The molecule has 1 fully saturated rings. The summed E-state index contributed by atoms with van der Waals surface area (Å²) < 4.78 is 5.33. The van der Waals surface area contributed by atoms with Gasteiger partial charge >= 0.3 is 0 Å². The van der Waals surface area contributed by atoms with Crippen LogP contribution in [0.5, 0.6) is 0 Å². The van der Waals surface area contributed by atoms with Crippen molar-refractivity contribution in [1.82, 2.24) is 0 Å². The highest BCUT2D eigenvalue weighted by Crippen LogP contribution is 2.33. The maximum absolute atomic E-state index is 11.3. The maximum Gasteiger partial charge on any atom is 0.224 e. The normalized spacial score (nSPS) is 21.6. The Morgan fingerprint density at radius 1 is 1.26 bits per heavy atom. The molecule has 1 saturated heterocycles. The number of hydrogen-bond acceptors (Lipinski definition) is 3. The third-order valence-electron chi connectivity index (χ3n) is 4.08. The highest BCUT2D eigenvalue weighted by atomic mass is 16.5. The molecule has 2 aliphatic rings. The number of aliphatic hydroxyl groups excluding tert-OH is 1. The zero-order valence-corrected chi connectivity index (χ0v) is 10.9. The molecule has 19 heavy (non-hydrogen) atoms. The molecule has 0 bridgehead atoms. The fraction of sp³-hybridized carbons (Fsp3) is 0.533. The van der Waals surface area contributed by atoms with Gasteiger partial charge in [0.1, 0.15) is 0 Å². The number of rotatable bonds is 2. The van der Waals surface area contributed by atoms with Crippen LogP contribution in [0.25, 0.3) is 0 Å². The van der Waals surface area contributed by atoms with E-state index in [0.717, 1.165) is 49.3 Å². The molecule has 0 saturated carbocycles. The van der Waals surface area contributed by atoms with Crippen LogP contribution < -0.4 is 5.32 Å². The van der Waals surface area contributed by atoms with Crippen LogP contribution in [0.15, 0.2) is 18.2 Å². The molecule has 2 heterocycles. The Balaban J connectivity index is 1.79. The Morgan fingerprint density at radius 2 is 2.05 bits per heavy atom. The molecule has 1 atom stereocenters. The van der Waals surface area contributed by atoms with Gasteiger partial charge in [0, 0.05) is 25.3 Å². The molecule has 102 valence electrons. The summed E-state index contributed by atoms with van der Waals surface area (Å²) >= 11 is 0. The Hall–Kier alpha value is -1.39. The van der Waals surface area contributed by atoms with Crippen LogP contribution in [0.2, 0.25) is 0 Å². The summed E-state index contributed by atoms with van der Waals surface area (Å²) in [5, 5.41) is 13.3. The molecule has 0 aromatic heterocycles. The van der Waals surface area contributed by atoms with Gasteiger partial charge < -0.3 is 15.2 Å². The van der Waals surface area contributed by atoms with E-state index in [-0.39, 0.29) is 11.8 Å². The van der Waals surface area contributed by atoms with Crippen LogP contribution in [0, 0.1) is 5.92 Å². The largest absolute Gasteiger partial charge is 0.388 e. The van der Waals surface area contributed by atoms with Crippen LogP contribution in [-0.4, -0.2) is 24.2 Å². The zero-order valence-electron chi connectivity index (χ0n) is 10.9. The number of ether oxygens (including phenoxy) is 1. The van der Waals surface area contributed by atoms with Gasteiger partial charge in [-0.05, 0) is 42.4 Å². The minimum absolute atomic E-state index is 0.0743. The number of benzene rings is 1. The average molecular weight is 261 g/mol. The number of nitrogens with one attached hydrogen (secondary N) is 1. The summed E-state index contributed by atoms with van der Waals surface area (Å²) in [6, 6.07) is 5.86. The third-order valence-corrected chi connectivity index (χ3v) is 4.08. The second-order valence-electron chi connectivity index (χ2n) is 5.36. The molecule has 1 aromatic rings. The highest BCUT2D eigenvalue weighted by Gasteiger charge is 2.24.